The fraction of sp³-hybridized carbons (Fsp3) is 0.438. The molecule has 0 saturated heterocycles. The lowest BCUT2D eigenvalue weighted by Gasteiger charge is -2.25. The number of nitrogens with two attached hydrogens (primary N) is 1. The molecular formula is C16H23N3. The summed E-state index contributed by atoms with van der Waals surface area (Å²) in [5, 5.41) is 1.19. The zero-order valence-corrected chi connectivity index (χ0v) is 12.0. The zero-order valence-electron chi connectivity index (χ0n) is 12.0. The summed E-state index contributed by atoms with van der Waals surface area (Å²) in [5.74, 6) is 6.31. The number of nitrogens with one attached hydrogen (secondary N) is 1. The number of hydrogen-bond acceptors (Lipinski definition) is 3. The lowest BCUT2D eigenvalue weighted by Crippen LogP contribution is -2.32. The van der Waals surface area contributed by atoms with E-state index in [9.17, 15) is 0 Å². The summed E-state index contributed by atoms with van der Waals surface area (Å²) < 4.78 is 0. The number of para-hydroxylation sites is 1. The predicted molar refractivity (Wildman–Crippen MR) is 80.6 cm³/mol. The average Bonchev–Trinajstić information content (AvgIpc) is 2.39. The molecule has 0 amide bonds. The van der Waals surface area contributed by atoms with Gasteiger partial charge in [0, 0.05) is 17.1 Å². The van der Waals surface area contributed by atoms with E-state index in [4.69, 9.17) is 5.84 Å². The number of pyridine rings is 1. The molecule has 3 N–H and O–H groups in total. The van der Waals surface area contributed by atoms with Crippen LogP contribution in [0.5, 0.6) is 0 Å². The average molecular weight is 257 g/mol. The van der Waals surface area contributed by atoms with E-state index in [1.54, 1.807) is 0 Å². The Kier molecular flexibility index (Phi) is 4.51. The first-order valence-electron chi connectivity index (χ1n) is 6.99. The van der Waals surface area contributed by atoms with Crippen molar-refractivity contribution in [1.82, 2.24) is 10.4 Å². The van der Waals surface area contributed by atoms with Crippen molar-refractivity contribution in [3.8, 4) is 0 Å². The van der Waals surface area contributed by atoms with Gasteiger partial charge >= 0.3 is 0 Å². The molecule has 0 spiro atoms. The molecule has 0 aliphatic rings. The number of rotatable bonds is 5. The first-order chi connectivity index (χ1) is 9.17. The van der Waals surface area contributed by atoms with Crippen LogP contribution in [0.25, 0.3) is 10.9 Å². The first kappa shape index (κ1) is 14.0. The Morgan fingerprint density at radius 3 is 2.74 bits per heavy atom. The molecule has 0 saturated carbocycles. The van der Waals surface area contributed by atoms with Gasteiger partial charge in [0.2, 0.25) is 0 Å². The second kappa shape index (κ2) is 6.13. The van der Waals surface area contributed by atoms with E-state index < -0.39 is 0 Å². The van der Waals surface area contributed by atoms with Crippen molar-refractivity contribution in [2.45, 2.75) is 39.7 Å². The van der Waals surface area contributed by atoms with E-state index in [2.05, 4.69) is 48.5 Å². The molecule has 0 aliphatic carbocycles. The molecule has 3 heteroatoms. The van der Waals surface area contributed by atoms with Gasteiger partial charge in [-0.2, -0.15) is 0 Å². The Labute approximate surface area is 115 Å². The fourth-order valence-electron chi connectivity index (χ4n) is 2.78. The molecule has 2 unspecified atom stereocenters. The zero-order chi connectivity index (χ0) is 13.8. The topological polar surface area (TPSA) is 50.9 Å². The van der Waals surface area contributed by atoms with E-state index in [0.29, 0.717) is 5.92 Å². The minimum Gasteiger partial charge on any atom is -0.271 e. The van der Waals surface area contributed by atoms with Crippen molar-refractivity contribution in [1.29, 1.82) is 0 Å². The second-order valence-electron chi connectivity index (χ2n) is 5.28. The number of aromatic nitrogens is 1. The summed E-state index contributed by atoms with van der Waals surface area (Å²) in [6.07, 6.45) is 2.33. The molecule has 0 bridgehead atoms. The second-order valence-corrected chi connectivity index (χ2v) is 5.28. The van der Waals surface area contributed by atoms with Crippen LogP contribution < -0.4 is 11.3 Å². The first-order valence-corrected chi connectivity index (χ1v) is 6.99. The molecule has 2 atom stereocenters. The van der Waals surface area contributed by atoms with Crippen LogP contribution in [0.4, 0.5) is 0 Å². The Bertz CT molecular complexity index is 551. The Morgan fingerprint density at radius 1 is 1.32 bits per heavy atom. The van der Waals surface area contributed by atoms with Gasteiger partial charge in [-0.3, -0.25) is 16.3 Å². The van der Waals surface area contributed by atoms with Gasteiger partial charge in [0.05, 0.1) is 5.52 Å². The third kappa shape index (κ3) is 2.94. The molecule has 0 fully saturated rings. The quantitative estimate of drug-likeness (QED) is 0.637. The fourth-order valence-corrected chi connectivity index (χ4v) is 2.78. The third-order valence-electron chi connectivity index (χ3n) is 3.70. The molecule has 0 radical (unpaired) electrons. The molecule has 1 aromatic carbocycles. The van der Waals surface area contributed by atoms with Crippen LogP contribution in [0.1, 0.15) is 44.0 Å². The van der Waals surface area contributed by atoms with Crippen molar-refractivity contribution in [2.24, 2.45) is 11.8 Å². The Balaban J connectivity index is 2.52. The molecule has 102 valence electrons. The number of benzene rings is 1. The lowest BCUT2D eigenvalue weighted by atomic mass is 9.89. The van der Waals surface area contributed by atoms with Crippen LogP contribution in [0, 0.1) is 12.8 Å². The van der Waals surface area contributed by atoms with Crippen LogP contribution in [-0.4, -0.2) is 4.98 Å². The molecule has 0 aliphatic heterocycles. The van der Waals surface area contributed by atoms with E-state index in [0.717, 1.165) is 17.6 Å². The van der Waals surface area contributed by atoms with Gasteiger partial charge in [0.25, 0.3) is 0 Å². The standard InChI is InChI=1S/C16H23N3/c1-4-7-11(2)16(19-17)14-10-12(3)18-15-9-6-5-8-13(14)15/h5-6,8-11,16,19H,4,7,17H2,1-3H3. The highest BCUT2D eigenvalue weighted by molar-refractivity contribution is 5.82. The SMILES string of the molecule is CCCC(C)C(NN)c1cc(C)nc2ccccc12. The highest BCUT2D eigenvalue weighted by atomic mass is 15.2. The summed E-state index contributed by atoms with van der Waals surface area (Å²) in [7, 11) is 0. The minimum absolute atomic E-state index is 0.173. The van der Waals surface area contributed by atoms with E-state index in [1.165, 1.54) is 17.4 Å². The molecular weight excluding hydrogens is 234 g/mol. The Morgan fingerprint density at radius 2 is 2.05 bits per heavy atom. The van der Waals surface area contributed by atoms with Crippen molar-refractivity contribution in [2.75, 3.05) is 0 Å². The molecule has 3 nitrogen and oxygen atoms in total. The maximum absolute atomic E-state index is 5.81. The van der Waals surface area contributed by atoms with Crippen LogP contribution >= 0.6 is 0 Å². The van der Waals surface area contributed by atoms with Gasteiger partial charge in [0.15, 0.2) is 0 Å². The van der Waals surface area contributed by atoms with Crippen LogP contribution in [0.15, 0.2) is 30.3 Å². The normalized spacial score (nSPS) is 14.5. The lowest BCUT2D eigenvalue weighted by molar-refractivity contribution is 0.370. The van der Waals surface area contributed by atoms with Gasteiger partial charge in [-0.05, 0) is 37.0 Å². The summed E-state index contributed by atoms with van der Waals surface area (Å²) in [5.41, 5.74) is 6.33. The monoisotopic (exact) mass is 257 g/mol. The summed E-state index contributed by atoms with van der Waals surface area (Å²) in [6.45, 7) is 6.49. The van der Waals surface area contributed by atoms with Crippen molar-refractivity contribution >= 4 is 10.9 Å². The highest BCUT2D eigenvalue weighted by Gasteiger charge is 2.20. The van der Waals surface area contributed by atoms with Crippen molar-refractivity contribution in [3.63, 3.8) is 0 Å². The largest absolute Gasteiger partial charge is 0.271 e. The van der Waals surface area contributed by atoms with Crippen LogP contribution in [0.2, 0.25) is 0 Å². The molecule has 1 heterocycles. The molecule has 2 aromatic rings. The minimum atomic E-state index is 0.173. The summed E-state index contributed by atoms with van der Waals surface area (Å²) in [4.78, 5) is 4.59. The smallest absolute Gasteiger partial charge is 0.0708 e. The van der Waals surface area contributed by atoms with Crippen LogP contribution in [-0.2, 0) is 0 Å². The van der Waals surface area contributed by atoms with E-state index >= 15 is 0 Å². The van der Waals surface area contributed by atoms with E-state index in [-0.39, 0.29) is 6.04 Å². The number of hydrazine groups is 1. The van der Waals surface area contributed by atoms with Crippen molar-refractivity contribution in [3.05, 3.63) is 41.6 Å². The van der Waals surface area contributed by atoms with Gasteiger partial charge in [-0.15, -0.1) is 0 Å². The van der Waals surface area contributed by atoms with Gasteiger partial charge in [0.1, 0.15) is 0 Å². The predicted octanol–water partition coefficient (Wildman–Crippen LogP) is 3.48. The summed E-state index contributed by atoms with van der Waals surface area (Å²) in [6, 6.07) is 10.6. The molecule has 2 rings (SSSR count). The van der Waals surface area contributed by atoms with Crippen LogP contribution in [0.3, 0.4) is 0 Å². The third-order valence-corrected chi connectivity index (χ3v) is 3.70. The maximum Gasteiger partial charge on any atom is 0.0708 e. The van der Waals surface area contributed by atoms with E-state index in [1.807, 2.05) is 13.0 Å². The number of hydrogen-bond donors (Lipinski definition) is 2. The maximum atomic E-state index is 5.81. The van der Waals surface area contributed by atoms with Gasteiger partial charge < -0.3 is 0 Å². The molecule has 19 heavy (non-hydrogen) atoms. The molecule has 1 aromatic heterocycles. The highest BCUT2D eigenvalue weighted by Crippen LogP contribution is 2.30. The summed E-state index contributed by atoms with van der Waals surface area (Å²) >= 11 is 0. The number of aryl methyl sites for hydroxylation is 1. The van der Waals surface area contributed by atoms with Crippen molar-refractivity contribution < 1.29 is 0 Å². The van der Waals surface area contributed by atoms with Gasteiger partial charge in [-0.25, -0.2) is 0 Å². The number of fused-ring (bicyclic) bond motifs is 1. The number of nitrogens with zero attached hydrogens (tertiary/aromatic N) is 1. The Hall–Kier alpha value is -1.45. The van der Waals surface area contributed by atoms with Gasteiger partial charge in [-0.1, -0.05) is 38.5 Å².